The maximum atomic E-state index is 12.3. The third-order valence-electron chi connectivity index (χ3n) is 2.81. The monoisotopic (exact) mass is 274 g/mol. The Morgan fingerprint density at radius 3 is 3.05 bits per heavy atom. The fraction of sp³-hybridized carbons (Fsp3) is 0.308. The Morgan fingerprint density at radius 2 is 2.37 bits per heavy atom. The number of fused-ring (bicyclic) bond motifs is 1. The first-order valence-electron chi connectivity index (χ1n) is 5.82. The van der Waals surface area contributed by atoms with Crippen LogP contribution in [-0.4, -0.2) is 40.0 Å². The van der Waals surface area contributed by atoms with E-state index in [1.54, 1.807) is 7.05 Å². The van der Waals surface area contributed by atoms with E-state index in [1.165, 1.54) is 16.7 Å². The van der Waals surface area contributed by atoms with Crippen molar-refractivity contribution in [1.29, 1.82) is 5.26 Å². The number of hydrogen-bond donors (Lipinski definition) is 0. The summed E-state index contributed by atoms with van der Waals surface area (Å²) >= 11 is 1.49. The summed E-state index contributed by atoms with van der Waals surface area (Å²) in [5.41, 5.74) is 1.23. The van der Waals surface area contributed by atoms with Crippen LogP contribution in [0, 0.1) is 11.3 Å². The molecule has 98 valence electrons. The van der Waals surface area contributed by atoms with E-state index in [4.69, 9.17) is 5.26 Å². The van der Waals surface area contributed by atoms with Gasteiger partial charge in [-0.25, -0.2) is 4.98 Å². The van der Waals surface area contributed by atoms with Crippen LogP contribution in [0.5, 0.6) is 0 Å². The van der Waals surface area contributed by atoms with Crippen LogP contribution in [0.25, 0.3) is 5.52 Å². The molecule has 0 aromatic carbocycles. The summed E-state index contributed by atoms with van der Waals surface area (Å²) in [6.45, 7) is 0.412. The molecule has 0 saturated heterocycles. The van der Waals surface area contributed by atoms with Crippen molar-refractivity contribution in [3.63, 3.8) is 0 Å². The second-order valence-corrected chi connectivity index (χ2v) is 4.81. The molecule has 0 radical (unpaired) electrons. The number of rotatable bonds is 4. The number of carbonyl (C=O) groups excluding carboxylic acids is 1. The molecule has 5 nitrogen and oxygen atoms in total. The van der Waals surface area contributed by atoms with Crippen LogP contribution in [-0.2, 0) is 0 Å². The van der Waals surface area contributed by atoms with Gasteiger partial charge < -0.3 is 4.90 Å². The molecule has 2 heterocycles. The van der Waals surface area contributed by atoms with E-state index in [1.807, 2.05) is 41.1 Å². The fourth-order valence-corrected chi connectivity index (χ4v) is 2.35. The van der Waals surface area contributed by atoms with Crippen LogP contribution in [0.4, 0.5) is 0 Å². The number of pyridine rings is 1. The highest BCUT2D eigenvalue weighted by Gasteiger charge is 2.19. The molecule has 0 unspecified atom stereocenters. The van der Waals surface area contributed by atoms with Crippen LogP contribution in [0.2, 0.25) is 0 Å². The third-order valence-corrected chi connectivity index (χ3v) is 3.46. The average molecular weight is 274 g/mol. The summed E-state index contributed by atoms with van der Waals surface area (Å²) in [5.74, 6) is -0.153. The van der Waals surface area contributed by atoms with Crippen LogP contribution >= 0.6 is 11.8 Å². The highest BCUT2D eigenvalue weighted by atomic mass is 32.2. The highest BCUT2D eigenvalue weighted by molar-refractivity contribution is 7.98. The molecule has 0 fully saturated rings. The summed E-state index contributed by atoms with van der Waals surface area (Å²) in [7, 11) is 1.69. The van der Waals surface area contributed by atoms with Crippen LogP contribution in [0.15, 0.2) is 29.6 Å². The molecule has 0 aliphatic rings. The number of amides is 1. The molecule has 19 heavy (non-hydrogen) atoms. The maximum absolute atomic E-state index is 12.3. The predicted octanol–water partition coefficient (Wildman–Crippen LogP) is 2.04. The normalized spacial score (nSPS) is 10.4. The van der Waals surface area contributed by atoms with Crippen molar-refractivity contribution in [2.24, 2.45) is 0 Å². The van der Waals surface area contributed by atoms with Crippen molar-refractivity contribution in [3.05, 3.63) is 30.1 Å². The zero-order valence-electron chi connectivity index (χ0n) is 10.8. The van der Waals surface area contributed by atoms with Gasteiger partial charge in [-0.1, -0.05) is 17.8 Å². The molecule has 0 aliphatic carbocycles. The summed E-state index contributed by atoms with van der Waals surface area (Å²) in [6.07, 6.45) is 4.14. The molecule has 0 bridgehead atoms. The lowest BCUT2D eigenvalue weighted by atomic mass is 10.3. The molecular formula is C13H14N4OS. The number of hydrogen-bond acceptors (Lipinski definition) is 4. The molecular weight excluding hydrogens is 260 g/mol. The van der Waals surface area contributed by atoms with E-state index in [9.17, 15) is 4.79 Å². The summed E-state index contributed by atoms with van der Waals surface area (Å²) in [4.78, 5) is 18.2. The Balaban J connectivity index is 2.40. The van der Waals surface area contributed by atoms with Crippen molar-refractivity contribution in [3.8, 4) is 6.07 Å². The zero-order valence-corrected chi connectivity index (χ0v) is 11.6. The Bertz CT molecular complexity index is 644. The molecule has 2 aromatic rings. The molecule has 0 spiro atoms. The van der Waals surface area contributed by atoms with E-state index >= 15 is 0 Å². The Kier molecular flexibility index (Phi) is 4.07. The smallest absolute Gasteiger partial charge is 0.274 e. The van der Waals surface area contributed by atoms with Crippen molar-refractivity contribution < 1.29 is 4.79 Å². The van der Waals surface area contributed by atoms with Gasteiger partial charge in [0.2, 0.25) is 0 Å². The van der Waals surface area contributed by atoms with Gasteiger partial charge in [0.25, 0.3) is 5.91 Å². The predicted molar refractivity (Wildman–Crippen MR) is 74.2 cm³/mol. The first-order chi connectivity index (χ1) is 9.19. The van der Waals surface area contributed by atoms with Crippen molar-refractivity contribution in [2.75, 3.05) is 19.8 Å². The number of nitrogens with zero attached hydrogens (tertiary/aromatic N) is 4. The average Bonchev–Trinajstić information content (AvgIpc) is 2.82. The second-order valence-electron chi connectivity index (χ2n) is 4.04. The number of aromatic nitrogens is 2. The minimum absolute atomic E-state index is 0.153. The summed E-state index contributed by atoms with van der Waals surface area (Å²) < 4.78 is 1.90. The lowest BCUT2D eigenvalue weighted by Crippen LogP contribution is -2.28. The molecule has 0 N–H and O–H groups in total. The van der Waals surface area contributed by atoms with Gasteiger partial charge in [-0.3, -0.25) is 9.20 Å². The van der Waals surface area contributed by atoms with Gasteiger partial charge in [0, 0.05) is 19.8 Å². The number of nitriles is 1. The van der Waals surface area contributed by atoms with Gasteiger partial charge in [-0.2, -0.15) is 5.26 Å². The minimum atomic E-state index is -0.153. The van der Waals surface area contributed by atoms with E-state index in [-0.39, 0.29) is 5.91 Å². The van der Waals surface area contributed by atoms with Crippen LogP contribution in [0.3, 0.4) is 0 Å². The summed E-state index contributed by atoms with van der Waals surface area (Å²) in [6, 6.07) is 7.69. The zero-order chi connectivity index (χ0) is 13.8. The molecule has 1 amide bonds. The first-order valence-corrected chi connectivity index (χ1v) is 7.05. The molecule has 0 atom stereocenters. The van der Waals surface area contributed by atoms with Crippen molar-refractivity contribution in [1.82, 2.24) is 14.3 Å². The molecule has 0 aliphatic heterocycles. The van der Waals surface area contributed by atoms with E-state index in [0.29, 0.717) is 18.7 Å². The molecule has 0 saturated carbocycles. The fourth-order valence-electron chi connectivity index (χ4n) is 1.81. The first kappa shape index (κ1) is 13.4. The van der Waals surface area contributed by atoms with Gasteiger partial charge in [-0.05, 0) is 18.4 Å². The number of carbonyl (C=O) groups is 1. The van der Waals surface area contributed by atoms with E-state index < -0.39 is 0 Å². The van der Waals surface area contributed by atoms with Crippen molar-refractivity contribution in [2.45, 2.75) is 11.6 Å². The molecule has 2 aromatic heterocycles. The Labute approximate surface area is 115 Å². The minimum Gasteiger partial charge on any atom is -0.339 e. The van der Waals surface area contributed by atoms with Crippen molar-refractivity contribution >= 4 is 23.2 Å². The molecule has 6 heteroatoms. The Hall–Kier alpha value is -2.00. The topological polar surface area (TPSA) is 61.4 Å². The Morgan fingerprint density at radius 1 is 1.58 bits per heavy atom. The van der Waals surface area contributed by atoms with Gasteiger partial charge in [0.1, 0.15) is 0 Å². The summed E-state index contributed by atoms with van der Waals surface area (Å²) in [5, 5.41) is 9.36. The number of imidazole rings is 1. The van der Waals surface area contributed by atoms with Gasteiger partial charge in [0.15, 0.2) is 10.9 Å². The van der Waals surface area contributed by atoms with Gasteiger partial charge in [-0.15, -0.1) is 0 Å². The van der Waals surface area contributed by atoms with Gasteiger partial charge in [0.05, 0.1) is 18.0 Å². The SMILES string of the molecule is CSc1nc(C(=O)N(C)CCC#N)c2ccccn12. The lowest BCUT2D eigenvalue weighted by molar-refractivity contribution is 0.0794. The lowest BCUT2D eigenvalue weighted by Gasteiger charge is -2.13. The second kappa shape index (κ2) is 5.76. The van der Waals surface area contributed by atoms with Crippen LogP contribution < -0.4 is 0 Å². The van der Waals surface area contributed by atoms with E-state index in [0.717, 1.165) is 10.7 Å². The van der Waals surface area contributed by atoms with Gasteiger partial charge >= 0.3 is 0 Å². The quantitative estimate of drug-likeness (QED) is 0.800. The largest absolute Gasteiger partial charge is 0.339 e. The van der Waals surface area contributed by atoms with Crippen LogP contribution in [0.1, 0.15) is 16.9 Å². The highest BCUT2D eigenvalue weighted by Crippen LogP contribution is 2.20. The maximum Gasteiger partial charge on any atom is 0.274 e. The standard InChI is InChI=1S/C13H14N4OS/c1-16(8-5-7-14)12(18)11-10-6-3-4-9-17(10)13(15-11)19-2/h3-4,6,9H,5,8H2,1-2H3. The van der Waals surface area contributed by atoms with E-state index in [2.05, 4.69) is 4.98 Å². The number of thioether (sulfide) groups is 1. The third kappa shape index (κ3) is 2.56. The molecule has 2 rings (SSSR count).